The van der Waals surface area contributed by atoms with E-state index in [2.05, 4.69) is 48.6 Å². The summed E-state index contributed by atoms with van der Waals surface area (Å²) < 4.78 is 5.47. The van der Waals surface area contributed by atoms with E-state index in [1.165, 1.54) is 5.56 Å². The Labute approximate surface area is 209 Å². The largest absolute Gasteiger partial charge is 0.497 e. The van der Waals surface area contributed by atoms with Crippen LogP contribution in [-0.4, -0.2) is 46.8 Å². The molecular formula is C26H31N3O5S. The minimum atomic E-state index is -1.26. The lowest BCUT2D eigenvalue weighted by atomic mass is 10.1. The number of fused-ring (bicyclic) bond motifs is 1. The van der Waals surface area contributed by atoms with Gasteiger partial charge in [-0.25, -0.2) is 14.6 Å². The van der Waals surface area contributed by atoms with Gasteiger partial charge in [0.2, 0.25) is 0 Å². The van der Waals surface area contributed by atoms with Crippen molar-refractivity contribution in [2.75, 3.05) is 19.0 Å². The van der Waals surface area contributed by atoms with Crippen LogP contribution in [0.25, 0.3) is 10.9 Å². The quantitative estimate of drug-likeness (QED) is 0.218. The molecule has 1 heterocycles. The van der Waals surface area contributed by atoms with E-state index >= 15 is 0 Å². The Balaban J connectivity index is 0.000000466. The van der Waals surface area contributed by atoms with Gasteiger partial charge in [0.15, 0.2) is 0 Å². The highest BCUT2D eigenvalue weighted by molar-refractivity contribution is 7.98. The van der Waals surface area contributed by atoms with Crippen molar-refractivity contribution in [2.45, 2.75) is 36.6 Å². The number of rotatable bonds is 11. The monoisotopic (exact) mass is 497 g/mol. The Kier molecular flexibility index (Phi) is 11.6. The van der Waals surface area contributed by atoms with Crippen molar-refractivity contribution in [2.24, 2.45) is 5.73 Å². The molecule has 0 saturated heterocycles. The number of nitrogens with two attached hydrogens (primary N) is 1. The fourth-order valence-electron chi connectivity index (χ4n) is 3.13. The Morgan fingerprint density at radius 3 is 2.40 bits per heavy atom. The fraction of sp³-hybridized carbons (Fsp3) is 0.269. The van der Waals surface area contributed by atoms with Crippen molar-refractivity contribution in [3.8, 4) is 5.75 Å². The van der Waals surface area contributed by atoms with Crippen LogP contribution in [0.3, 0.4) is 0 Å². The molecule has 2 aromatic carbocycles. The lowest BCUT2D eigenvalue weighted by Crippen LogP contribution is -2.17. The number of benzene rings is 2. The Bertz CT molecular complexity index is 1120. The standard InChI is InChI=1S/C22H27N3OS.C4H4O4/c1-16(7-6-12-23)24-20-14-19(26-2)13-18-10-11-21(25-22(18)20)27-15-17-8-4-3-5-9-17;5-3(6)1-2-4(7)8/h3-5,8-11,13-14,16,24H,6-7,12,15,23H2,1-2H3;1-2H,(H,5,6)(H,7,8)/b;2-1-. The topological polar surface area (TPSA) is 135 Å². The van der Waals surface area contributed by atoms with Crippen molar-refractivity contribution in [3.63, 3.8) is 0 Å². The number of methoxy groups -OCH3 is 1. The van der Waals surface area contributed by atoms with E-state index in [4.69, 9.17) is 25.7 Å². The zero-order chi connectivity index (χ0) is 25.6. The molecule has 1 atom stereocenters. The maximum absolute atomic E-state index is 9.55. The predicted octanol–water partition coefficient (Wildman–Crippen LogP) is 4.79. The van der Waals surface area contributed by atoms with E-state index in [9.17, 15) is 9.59 Å². The molecule has 9 heteroatoms. The summed E-state index contributed by atoms with van der Waals surface area (Å²) in [5, 5.41) is 21.3. The van der Waals surface area contributed by atoms with E-state index in [0.717, 1.165) is 46.0 Å². The molecule has 0 aliphatic carbocycles. The van der Waals surface area contributed by atoms with Gasteiger partial charge < -0.3 is 26.0 Å². The summed E-state index contributed by atoms with van der Waals surface area (Å²) in [4.78, 5) is 24.0. The second kappa shape index (κ2) is 14.6. The van der Waals surface area contributed by atoms with Gasteiger partial charge in [-0.15, -0.1) is 11.8 Å². The highest BCUT2D eigenvalue weighted by atomic mass is 32.2. The van der Waals surface area contributed by atoms with Crippen LogP contribution in [0, 0.1) is 0 Å². The number of carboxylic acid groups (broad SMARTS) is 2. The Morgan fingerprint density at radius 1 is 1.11 bits per heavy atom. The van der Waals surface area contributed by atoms with Crippen LogP contribution in [0.4, 0.5) is 5.69 Å². The first kappa shape index (κ1) is 27.7. The van der Waals surface area contributed by atoms with E-state index in [0.29, 0.717) is 24.7 Å². The number of ether oxygens (including phenoxy) is 1. The smallest absolute Gasteiger partial charge is 0.328 e. The van der Waals surface area contributed by atoms with Crippen molar-refractivity contribution in [1.82, 2.24) is 4.98 Å². The minimum absolute atomic E-state index is 0.325. The lowest BCUT2D eigenvalue weighted by Gasteiger charge is -2.17. The number of aromatic nitrogens is 1. The number of pyridine rings is 1. The SMILES string of the molecule is COc1cc(NC(C)CCCN)c2nc(SCc3ccccc3)ccc2c1.O=C(O)/C=C\C(=O)O. The molecule has 0 fully saturated rings. The number of hydrogen-bond acceptors (Lipinski definition) is 7. The summed E-state index contributed by atoms with van der Waals surface area (Å²) in [6.45, 7) is 2.89. The van der Waals surface area contributed by atoms with Crippen molar-refractivity contribution in [3.05, 3.63) is 72.3 Å². The summed E-state index contributed by atoms with van der Waals surface area (Å²) >= 11 is 1.75. The van der Waals surface area contributed by atoms with Crippen LogP contribution in [0.2, 0.25) is 0 Å². The molecule has 1 aromatic heterocycles. The van der Waals surface area contributed by atoms with E-state index in [1.807, 2.05) is 18.2 Å². The zero-order valence-electron chi connectivity index (χ0n) is 19.8. The molecule has 0 bridgehead atoms. The Hall–Kier alpha value is -3.56. The molecule has 35 heavy (non-hydrogen) atoms. The summed E-state index contributed by atoms with van der Waals surface area (Å²) in [5.74, 6) is -0.771. The van der Waals surface area contributed by atoms with Crippen molar-refractivity contribution < 1.29 is 24.5 Å². The summed E-state index contributed by atoms with van der Waals surface area (Å²) in [6, 6.07) is 19.1. The number of nitrogens with zero attached hydrogens (tertiary/aromatic N) is 1. The van der Waals surface area contributed by atoms with Crippen LogP contribution >= 0.6 is 11.8 Å². The van der Waals surface area contributed by atoms with E-state index in [-0.39, 0.29) is 0 Å². The van der Waals surface area contributed by atoms with Gasteiger partial charge in [-0.2, -0.15) is 0 Å². The van der Waals surface area contributed by atoms with Gasteiger partial charge in [0.25, 0.3) is 0 Å². The highest BCUT2D eigenvalue weighted by Gasteiger charge is 2.11. The third-order valence-corrected chi connectivity index (χ3v) is 5.82. The molecule has 0 amide bonds. The number of anilines is 1. The number of hydrogen-bond donors (Lipinski definition) is 4. The summed E-state index contributed by atoms with van der Waals surface area (Å²) in [5.41, 5.74) is 8.93. The number of carboxylic acids is 2. The normalized spacial score (nSPS) is 11.5. The molecule has 3 aromatic rings. The Morgan fingerprint density at radius 2 is 1.80 bits per heavy atom. The second-order valence-electron chi connectivity index (χ2n) is 7.66. The number of nitrogens with one attached hydrogen (secondary N) is 1. The molecule has 0 spiro atoms. The van der Waals surface area contributed by atoms with Crippen LogP contribution in [0.1, 0.15) is 25.3 Å². The van der Waals surface area contributed by atoms with E-state index in [1.54, 1.807) is 18.9 Å². The summed E-state index contributed by atoms with van der Waals surface area (Å²) in [7, 11) is 1.69. The molecule has 3 rings (SSSR count). The molecule has 1 unspecified atom stereocenters. The lowest BCUT2D eigenvalue weighted by molar-refractivity contribution is -0.134. The molecule has 0 radical (unpaired) electrons. The molecular weight excluding hydrogens is 466 g/mol. The van der Waals surface area contributed by atoms with Crippen molar-refractivity contribution in [1.29, 1.82) is 0 Å². The van der Waals surface area contributed by atoms with Gasteiger partial charge in [0, 0.05) is 35.4 Å². The van der Waals surface area contributed by atoms with E-state index < -0.39 is 11.9 Å². The molecule has 0 saturated carbocycles. The van der Waals surface area contributed by atoms with Crippen LogP contribution < -0.4 is 15.8 Å². The first-order chi connectivity index (χ1) is 16.8. The molecule has 5 N–H and O–H groups in total. The molecule has 0 aliphatic rings. The summed E-state index contributed by atoms with van der Waals surface area (Å²) in [6.07, 6.45) is 3.14. The maximum atomic E-state index is 9.55. The van der Waals surface area contributed by atoms with Gasteiger partial charge in [0.05, 0.1) is 23.3 Å². The number of carbonyl (C=O) groups is 2. The first-order valence-corrected chi connectivity index (χ1v) is 12.1. The van der Waals surface area contributed by atoms with Crippen molar-refractivity contribution >= 4 is 40.3 Å². The average Bonchev–Trinajstić information content (AvgIpc) is 2.86. The highest BCUT2D eigenvalue weighted by Crippen LogP contribution is 2.31. The first-order valence-electron chi connectivity index (χ1n) is 11.1. The van der Waals surface area contributed by atoms with Crippen LogP contribution in [0.15, 0.2) is 71.8 Å². The molecule has 0 aliphatic heterocycles. The molecule has 8 nitrogen and oxygen atoms in total. The average molecular weight is 498 g/mol. The van der Waals surface area contributed by atoms with Gasteiger partial charge >= 0.3 is 11.9 Å². The second-order valence-corrected chi connectivity index (χ2v) is 8.65. The molecule has 186 valence electrons. The zero-order valence-corrected chi connectivity index (χ0v) is 20.6. The predicted molar refractivity (Wildman–Crippen MR) is 140 cm³/mol. The van der Waals surface area contributed by atoms with Gasteiger partial charge in [-0.05, 0) is 50.1 Å². The van der Waals surface area contributed by atoms with Gasteiger partial charge in [-0.3, -0.25) is 0 Å². The third-order valence-electron chi connectivity index (χ3n) is 4.82. The number of aliphatic carboxylic acids is 2. The van der Waals surface area contributed by atoms with Crippen LogP contribution in [-0.2, 0) is 15.3 Å². The van der Waals surface area contributed by atoms with Crippen LogP contribution in [0.5, 0.6) is 5.75 Å². The van der Waals surface area contributed by atoms with Gasteiger partial charge in [-0.1, -0.05) is 30.3 Å². The maximum Gasteiger partial charge on any atom is 0.328 e. The number of thioether (sulfide) groups is 1. The minimum Gasteiger partial charge on any atom is -0.497 e. The third kappa shape index (κ3) is 10.1. The van der Waals surface area contributed by atoms with Gasteiger partial charge in [0.1, 0.15) is 5.75 Å². The fourth-order valence-corrected chi connectivity index (χ4v) is 3.96.